The van der Waals surface area contributed by atoms with Gasteiger partial charge in [-0.15, -0.1) is 0 Å². The zero-order chi connectivity index (χ0) is 17.3. The summed E-state index contributed by atoms with van der Waals surface area (Å²) in [6.07, 6.45) is 2.81. The van der Waals surface area contributed by atoms with Crippen LogP contribution in [0.3, 0.4) is 0 Å². The third kappa shape index (κ3) is 2.87. The summed E-state index contributed by atoms with van der Waals surface area (Å²) in [6.45, 7) is 0.768. The van der Waals surface area contributed by atoms with Gasteiger partial charge >= 0.3 is 5.97 Å². The van der Waals surface area contributed by atoms with Gasteiger partial charge in [0.1, 0.15) is 5.41 Å². The van der Waals surface area contributed by atoms with Crippen LogP contribution in [0.25, 0.3) is 0 Å². The fraction of sp³-hybridized carbons (Fsp3) is 0.389. The Morgan fingerprint density at radius 3 is 2.71 bits per heavy atom. The number of amides is 1. The topological polar surface area (TPSA) is 63.7 Å². The number of hydrogen-bond donors (Lipinski definition) is 0. The molecule has 0 bridgehead atoms. The summed E-state index contributed by atoms with van der Waals surface area (Å²) < 4.78 is 5.89. The van der Waals surface area contributed by atoms with E-state index in [0.29, 0.717) is 31.4 Å². The Balaban J connectivity index is 1.93. The molecule has 0 saturated carbocycles. The lowest BCUT2D eigenvalue weighted by atomic mass is 9.68. The summed E-state index contributed by atoms with van der Waals surface area (Å²) in [7, 11) is 1.35. The maximum absolute atomic E-state index is 12.9. The van der Waals surface area contributed by atoms with Crippen molar-refractivity contribution in [3.05, 3.63) is 45.0 Å². The normalized spacial score (nSPS) is 23.3. The molecule has 1 atom stereocenters. The first-order chi connectivity index (χ1) is 11.5. The van der Waals surface area contributed by atoms with Crippen molar-refractivity contribution in [1.29, 1.82) is 0 Å². The van der Waals surface area contributed by atoms with Crippen LogP contribution in [0, 0.1) is 8.99 Å². The lowest BCUT2D eigenvalue weighted by Gasteiger charge is -2.44. The van der Waals surface area contributed by atoms with Crippen molar-refractivity contribution in [2.75, 3.05) is 20.2 Å². The van der Waals surface area contributed by atoms with Crippen LogP contribution in [-0.4, -0.2) is 42.8 Å². The van der Waals surface area contributed by atoms with Crippen LogP contribution in [0.5, 0.6) is 0 Å². The van der Waals surface area contributed by atoms with Gasteiger partial charge in [0, 0.05) is 23.1 Å². The molecule has 1 aliphatic heterocycles. The first kappa shape index (κ1) is 17.1. The lowest BCUT2D eigenvalue weighted by molar-refractivity contribution is -0.153. The van der Waals surface area contributed by atoms with Crippen LogP contribution in [0.1, 0.15) is 29.6 Å². The van der Waals surface area contributed by atoms with Gasteiger partial charge in [-0.2, -0.15) is 0 Å². The molecule has 1 heterocycles. The van der Waals surface area contributed by atoms with Gasteiger partial charge in [0.05, 0.1) is 12.7 Å². The van der Waals surface area contributed by atoms with Gasteiger partial charge in [0.25, 0.3) is 5.91 Å². The molecule has 0 spiro atoms. The molecule has 0 N–H and O–H groups in total. The van der Waals surface area contributed by atoms with Crippen LogP contribution in [0.15, 0.2) is 35.9 Å². The highest BCUT2D eigenvalue weighted by Gasteiger charge is 2.49. The summed E-state index contributed by atoms with van der Waals surface area (Å²) in [5.41, 5.74) is 0.561. The van der Waals surface area contributed by atoms with E-state index in [2.05, 4.69) is 22.6 Å². The molecule has 3 rings (SSSR count). The molecule has 5 nitrogen and oxygen atoms in total. The number of ether oxygens (including phenoxy) is 1. The minimum absolute atomic E-state index is 0.0434. The molecule has 126 valence electrons. The van der Waals surface area contributed by atoms with Crippen LogP contribution >= 0.6 is 22.6 Å². The van der Waals surface area contributed by atoms with Gasteiger partial charge in [0.2, 0.25) is 0 Å². The van der Waals surface area contributed by atoms with Crippen LogP contribution < -0.4 is 0 Å². The Bertz CT molecular complexity index is 742. The van der Waals surface area contributed by atoms with E-state index in [1.807, 2.05) is 18.2 Å². The SMILES string of the molecule is COC(=O)[C@]12CCC(=O)C=C1CCN(C(=O)c1ccccc1I)C2. The smallest absolute Gasteiger partial charge is 0.317 e. The Hall–Kier alpha value is -1.70. The molecule has 24 heavy (non-hydrogen) atoms. The summed E-state index contributed by atoms with van der Waals surface area (Å²) in [5.74, 6) is -0.400. The molecule has 1 aromatic carbocycles. The molecule has 1 saturated heterocycles. The third-order valence-corrected chi connectivity index (χ3v) is 5.77. The average molecular weight is 439 g/mol. The monoisotopic (exact) mass is 439 g/mol. The molecule has 1 aliphatic carbocycles. The van der Waals surface area contributed by atoms with E-state index in [-0.39, 0.29) is 24.2 Å². The largest absolute Gasteiger partial charge is 0.468 e. The number of nitrogens with zero attached hydrogens (tertiary/aromatic N) is 1. The van der Waals surface area contributed by atoms with Gasteiger partial charge in [-0.1, -0.05) is 12.1 Å². The number of benzene rings is 1. The second-order valence-corrected chi connectivity index (χ2v) is 7.33. The molecular formula is C18H18INO4. The van der Waals surface area contributed by atoms with Crippen molar-refractivity contribution in [1.82, 2.24) is 4.90 Å². The van der Waals surface area contributed by atoms with Gasteiger partial charge in [-0.3, -0.25) is 14.4 Å². The summed E-state index contributed by atoms with van der Waals surface area (Å²) in [4.78, 5) is 38.8. The molecule has 1 amide bonds. The van der Waals surface area contributed by atoms with Gasteiger partial charge in [-0.05, 0) is 59.2 Å². The van der Waals surface area contributed by atoms with Crippen LogP contribution in [0.2, 0.25) is 0 Å². The van der Waals surface area contributed by atoms with Gasteiger partial charge < -0.3 is 9.64 Å². The van der Waals surface area contributed by atoms with Crippen LogP contribution in [0.4, 0.5) is 0 Å². The first-order valence-corrected chi connectivity index (χ1v) is 8.92. The highest BCUT2D eigenvalue weighted by atomic mass is 127. The van der Waals surface area contributed by atoms with E-state index in [1.54, 1.807) is 17.0 Å². The zero-order valence-electron chi connectivity index (χ0n) is 13.4. The number of carbonyl (C=O) groups excluding carboxylic acids is 3. The van der Waals surface area contributed by atoms with Crippen LogP contribution in [-0.2, 0) is 14.3 Å². The van der Waals surface area contributed by atoms with E-state index in [9.17, 15) is 14.4 Å². The second-order valence-electron chi connectivity index (χ2n) is 6.17. The van der Waals surface area contributed by atoms with E-state index in [1.165, 1.54) is 7.11 Å². The zero-order valence-corrected chi connectivity index (χ0v) is 15.5. The number of rotatable bonds is 2. The molecular weight excluding hydrogens is 421 g/mol. The standard InChI is InChI=1S/C18H18INO4/c1-24-17(23)18-8-6-13(21)10-12(18)7-9-20(11-18)16(22)14-4-2-3-5-15(14)19/h2-5,10H,6-9,11H2,1H3/t18-/m0/s1. The maximum atomic E-state index is 12.9. The Morgan fingerprint density at radius 1 is 1.25 bits per heavy atom. The van der Waals surface area contributed by atoms with Crippen molar-refractivity contribution < 1.29 is 19.1 Å². The third-order valence-electron chi connectivity index (χ3n) is 4.83. The number of hydrogen-bond acceptors (Lipinski definition) is 4. The number of methoxy groups -OCH3 is 1. The molecule has 1 aromatic rings. The van der Waals surface area contributed by atoms with Gasteiger partial charge in [0.15, 0.2) is 5.78 Å². The van der Waals surface area contributed by atoms with E-state index >= 15 is 0 Å². The van der Waals surface area contributed by atoms with Crippen molar-refractivity contribution in [2.45, 2.75) is 19.3 Å². The molecule has 6 heteroatoms. The van der Waals surface area contributed by atoms with Crippen molar-refractivity contribution >= 4 is 40.3 Å². The molecule has 2 aliphatic rings. The number of fused-ring (bicyclic) bond motifs is 1. The first-order valence-electron chi connectivity index (χ1n) is 7.84. The quantitative estimate of drug-likeness (QED) is 0.525. The van der Waals surface area contributed by atoms with Crippen molar-refractivity contribution in [3.63, 3.8) is 0 Å². The predicted molar refractivity (Wildman–Crippen MR) is 96.5 cm³/mol. The highest BCUT2D eigenvalue weighted by Crippen LogP contribution is 2.43. The number of carbonyl (C=O) groups is 3. The van der Waals surface area contributed by atoms with Gasteiger partial charge in [-0.25, -0.2) is 0 Å². The minimum atomic E-state index is -0.878. The van der Waals surface area contributed by atoms with E-state index < -0.39 is 5.41 Å². The number of allylic oxidation sites excluding steroid dienone is 1. The summed E-state index contributed by atoms with van der Waals surface area (Å²) in [5, 5.41) is 0. The fourth-order valence-corrected chi connectivity index (χ4v) is 4.14. The minimum Gasteiger partial charge on any atom is -0.468 e. The molecule has 0 unspecified atom stereocenters. The average Bonchev–Trinajstić information content (AvgIpc) is 2.60. The highest BCUT2D eigenvalue weighted by molar-refractivity contribution is 14.1. The Kier molecular flexibility index (Phi) is 4.76. The number of esters is 1. The number of halogens is 1. The van der Waals surface area contributed by atoms with Crippen molar-refractivity contribution in [2.24, 2.45) is 5.41 Å². The summed E-state index contributed by atoms with van der Waals surface area (Å²) in [6, 6.07) is 7.40. The Labute approximate surface area is 154 Å². The molecule has 0 radical (unpaired) electrons. The second kappa shape index (κ2) is 6.66. The van der Waals surface area contributed by atoms with E-state index in [4.69, 9.17) is 4.74 Å². The Morgan fingerprint density at radius 2 is 2.00 bits per heavy atom. The number of ketones is 1. The fourth-order valence-electron chi connectivity index (χ4n) is 3.53. The summed E-state index contributed by atoms with van der Waals surface area (Å²) >= 11 is 2.14. The molecule has 0 aromatic heterocycles. The molecule has 1 fully saturated rings. The van der Waals surface area contributed by atoms with E-state index in [0.717, 1.165) is 9.14 Å². The number of likely N-dealkylation sites (tertiary alicyclic amines) is 1. The van der Waals surface area contributed by atoms with Crippen molar-refractivity contribution in [3.8, 4) is 0 Å². The lowest BCUT2D eigenvalue weighted by Crippen LogP contribution is -2.53. The maximum Gasteiger partial charge on any atom is 0.317 e. The number of piperidine rings is 1. The predicted octanol–water partition coefficient (Wildman–Crippen LogP) is 2.59.